The minimum Gasteiger partial charge on any atom is -0.340 e. The van der Waals surface area contributed by atoms with Crippen LogP contribution in [-0.4, -0.2) is 17.9 Å². The Morgan fingerprint density at radius 1 is 1.59 bits per heavy atom. The van der Waals surface area contributed by atoms with Crippen LogP contribution in [0.15, 0.2) is 24.3 Å². The van der Waals surface area contributed by atoms with E-state index in [1.807, 2.05) is 6.07 Å². The molecule has 0 N–H and O–H groups in total. The lowest BCUT2D eigenvalue weighted by atomic mass is 10.1. The molecule has 0 aromatic heterocycles. The van der Waals surface area contributed by atoms with Crippen LogP contribution in [0.4, 0.5) is 4.39 Å². The summed E-state index contributed by atoms with van der Waals surface area (Å²) in [6.45, 7) is 2.11. The first kappa shape index (κ1) is 13.2. The minimum absolute atomic E-state index is 0.223. The molecule has 1 atom stereocenters. The van der Waals surface area contributed by atoms with Crippen molar-refractivity contribution in [2.45, 2.75) is 19.9 Å². The van der Waals surface area contributed by atoms with Gasteiger partial charge in [0.05, 0.1) is 6.07 Å². The smallest absolute Gasteiger partial charge is 0.239 e. The average molecular weight is 234 g/mol. The number of hydrogen-bond donors (Lipinski definition) is 0. The van der Waals surface area contributed by atoms with Gasteiger partial charge in [-0.25, -0.2) is 4.39 Å². The summed E-state index contributed by atoms with van der Waals surface area (Å²) in [5.41, 5.74) is 0.716. The number of rotatable bonds is 4. The van der Waals surface area contributed by atoms with Crippen molar-refractivity contribution in [1.82, 2.24) is 4.90 Å². The van der Waals surface area contributed by atoms with E-state index in [2.05, 4.69) is 0 Å². The minimum atomic E-state index is -0.617. The van der Waals surface area contributed by atoms with Crippen LogP contribution >= 0.6 is 0 Å². The molecular weight excluding hydrogens is 219 g/mol. The summed E-state index contributed by atoms with van der Waals surface area (Å²) in [7, 11) is 1.62. The number of carbonyl (C=O) groups is 1. The molecule has 1 rings (SSSR count). The number of carbonyl (C=O) groups excluding carboxylic acids is 1. The van der Waals surface area contributed by atoms with E-state index in [9.17, 15) is 9.18 Å². The Morgan fingerprint density at radius 2 is 2.29 bits per heavy atom. The van der Waals surface area contributed by atoms with Crippen LogP contribution in [0.25, 0.3) is 0 Å². The number of halogens is 1. The second-order valence-corrected chi connectivity index (χ2v) is 3.91. The molecule has 0 fully saturated rings. The highest BCUT2D eigenvalue weighted by molar-refractivity contribution is 5.80. The number of hydrogen-bond acceptors (Lipinski definition) is 2. The predicted octanol–water partition coefficient (Wildman–Crippen LogP) is 2.33. The van der Waals surface area contributed by atoms with Crippen molar-refractivity contribution in [1.29, 1.82) is 5.26 Å². The van der Waals surface area contributed by atoms with E-state index in [4.69, 9.17) is 5.26 Å². The van der Waals surface area contributed by atoms with Crippen LogP contribution < -0.4 is 0 Å². The highest BCUT2D eigenvalue weighted by Crippen LogP contribution is 2.10. The molecule has 1 aromatic carbocycles. The second-order valence-electron chi connectivity index (χ2n) is 3.91. The SMILES string of the molecule is CCC(C#N)C(=O)N(C)Cc1cccc(F)c1. The van der Waals surface area contributed by atoms with Crippen LogP contribution in [0, 0.1) is 23.1 Å². The Balaban J connectivity index is 2.70. The third-order valence-electron chi connectivity index (χ3n) is 2.55. The molecule has 3 nitrogen and oxygen atoms in total. The molecule has 0 heterocycles. The Morgan fingerprint density at radius 3 is 2.82 bits per heavy atom. The van der Waals surface area contributed by atoms with E-state index in [0.717, 1.165) is 0 Å². The normalized spacial score (nSPS) is 11.6. The standard InChI is InChI=1S/C13H15FN2O/c1-3-11(8-15)13(17)16(2)9-10-5-4-6-12(14)7-10/h4-7,11H,3,9H2,1-2H3. The first-order valence-electron chi connectivity index (χ1n) is 5.47. The highest BCUT2D eigenvalue weighted by atomic mass is 19.1. The van der Waals surface area contributed by atoms with E-state index in [0.29, 0.717) is 18.5 Å². The molecule has 17 heavy (non-hydrogen) atoms. The van der Waals surface area contributed by atoms with Crippen molar-refractivity contribution >= 4 is 5.91 Å². The number of nitrogens with zero attached hydrogens (tertiary/aromatic N) is 2. The van der Waals surface area contributed by atoms with E-state index in [1.54, 1.807) is 26.1 Å². The Hall–Kier alpha value is -1.89. The maximum atomic E-state index is 13.0. The molecule has 0 bridgehead atoms. The van der Waals surface area contributed by atoms with E-state index >= 15 is 0 Å². The molecule has 0 aliphatic heterocycles. The lowest BCUT2D eigenvalue weighted by Gasteiger charge is -2.19. The van der Waals surface area contributed by atoms with Crippen molar-refractivity contribution in [2.24, 2.45) is 5.92 Å². The lowest BCUT2D eigenvalue weighted by Crippen LogP contribution is -2.31. The number of nitriles is 1. The molecule has 1 amide bonds. The van der Waals surface area contributed by atoms with E-state index in [1.165, 1.54) is 17.0 Å². The summed E-state index contributed by atoms with van der Waals surface area (Å²) >= 11 is 0. The quantitative estimate of drug-likeness (QED) is 0.802. The van der Waals surface area contributed by atoms with Crippen molar-refractivity contribution in [3.8, 4) is 6.07 Å². The van der Waals surface area contributed by atoms with E-state index < -0.39 is 5.92 Å². The monoisotopic (exact) mass is 234 g/mol. The van der Waals surface area contributed by atoms with Gasteiger partial charge >= 0.3 is 0 Å². The largest absolute Gasteiger partial charge is 0.340 e. The van der Waals surface area contributed by atoms with Gasteiger partial charge in [-0.05, 0) is 24.1 Å². The zero-order valence-electron chi connectivity index (χ0n) is 9.98. The molecule has 0 saturated heterocycles. The third kappa shape index (κ3) is 3.56. The second kappa shape index (κ2) is 6.00. The van der Waals surface area contributed by atoms with Gasteiger partial charge < -0.3 is 4.90 Å². The van der Waals surface area contributed by atoms with Gasteiger partial charge in [-0.15, -0.1) is 0 Å². The molecular formula is C13H15FN2O. The van der Waals surface area contributed by atoms with Crippen LogP contribution in [0.2, 0.25) is 0 Å². The van der Waals surface area contributed by atoms with E-state index in [-0.39, 0.29) is 11.7 Å². The summed E-state index contributed by atoms with van der Waals surface area (Å²) in [5, 5.41) is 8.80. The summed E-state index contributed by atoms with van der Waals surface area (Å²) in [6, 6.07) is 8.06. The Labute approximate surface area is 100 Å². The molecule has 0 radical (unpaired) electrons. The number of amides is 1. The first-order valence-corrected chi connectivity index (χ1v) is 5.47. The first-order chi connectivity index (χ1) is 8.08. The zero-order chi connectivity index (χ0) is 12.8. The third-order valence-corrected chi connectivity index (χ3v) is 2.55. The fourth-order valence-corrected chi connectivity index (χ4v) is 1.57. The van der Waals surface area contributed by atoms with Crippen LogP contribution in [0.3, 0.4) is 0 Å². The molecule has 0 aliphatic rings. The summed E-state index contributed by atoms with van der Waals surface area (Å²) in [5.74, 6) is -1.16. The van der Waals surface area contributed by atoms with Crippen molar-refractivity contribution in [2.75, 3.05) is 7.05 Å². The van der Waals surface area contributed by atoms with Gasteiger partial charge in [-0.1, -0.05) is 19.1 Å². The van der Waals surface area contributed by atoms with Crippen LogP contribution in [0.1, 0.15) is 18.9 Å². The molecule has 90 valence electrons. The van der Waals surface area contributed by atoms with Gasteiger partial charge in [0.1, 0.15) is 11.7 Å². The average Bonchev–Trinajstić information content (AvgIpc) is 2.30. The topological polar surface area (TPSA) is 44.1 Å². The summed E-state index contributed by atoms with van der Waals surface area (Å²) in [6.07, 6.45) is 0.489. The summed E-state index contributed by atoms with van der Waals surface area (Å²) < 4.78 is 13.0. The van der Waals surface area contributed by atoms with Gasteiger partial charge in [-0.3, -0.25) is 4.79 Å². The van der Waals surface area contributed by atoms with Gasteiger partial charge in [0.15, 0.2) is 0 Å². The van der Waals surface area contributed by atoms with Crippen LogP contribution in [-0.2, 0) is 11.3 Å². The van der Waals surface area contributed by atoms with Gasteiger partial charge in [0, 0.05) is 13.6 Å². The fourth-order valence-electron chi connectivity index (χ4n) is 1.57. The van der Waals surface area contributed by atoms with Gasteiger partial charge in [0.25, 0.3) is 0 Å². The maximum absolute atomic E-state index is 13.0. The molecule has 0 saturated carbocycles. The Kier molecular flexibility index (Phi) is 4.65. The van der Waals surface area contributed by atoms with Crippen LogP contribution in [0.5, 0.6) is 0 Å². The molecule has 0 spiro atoms. The maximum Gasteiger partial charge on any atom is 0.239 e. The van der Waals surface area contributed by atoms with Gasteiger partial charge in [-0.2, -0.15) is 5.26 Å². The van der Waals surface area contributed by atoms with Crippen molar-refractivity contribution in [3.05, 3.63) is 35.6 Å². The molecule has 1 unspecified atom stereocenters. The summed E-state index contributed by atoms with van der Waals surface area (Å²) in [4.78, 5) is 13.3. The molecule has 1 aromatic rings. The number of benzene rings is 1. The Bertz CT molecular complexity index is 439. The fraction of sp³-hybridized carbons (Fsp3) is 0.385. The van der Waals surface area contributed by atoms with Gasteiger partial charge in [0.2, 0.25) is 5.91 Å². The molecule has 0 aliphatic carbocycles. The predicted molar refractivity (Wildman–Crippen MR) is 62.3 cm³/mol. The van der Waals surface area contributed by atoms with Crippen molar-refractivity contribution in [3.63, 3.8) is 0 Å². The highest BCUT2D eigenvalue weighted by Gasteiger charge is 2.19. The molecule has 4 heteroatoms. The lowest BCUT2D eigenvalue weighted by molar-refractivity contribution is -0.133. The van der Waals surface area contributed by atoms with Crippen molar-refractivity contribution < 1.29 is 9.18 Å². The zero-order valence-corrected chi connectivity index (χ0v) is 9.98.